The average molecular weight is 271 g/mol. The van der Waals surface area contributed by atoms with Crippen molar-refractivity contribution in [1.29, 1.82) is 0 Å². The van der Waals surface area contributed by atoms with Gasteiger partial charge in [-0.2, -0.15) is 0 Å². The summed E-state index contributed by atoms with van der Waals surface area (Å²) in [5.74, 6) is -0.155. The number of likely N-dealkylation sites (N-methyl/N-ethyl adjacent to an activating group) is 1. The Balaban J connectivity index is 2.64. The molecule has 0 radical (unpaired) electrons. The Morgan fingerprint density at radius 2 is 2.11 bits per heavy atom. The lowest BCUT2D eigenvalue weighted by atomic mass is 10.0. The number of hydrogen-bond acceptors (Lipinski definition) is 3. The molecule has 4 nitrogen and oxygen atoms in total. The van der Waals surface area contributed by atoms with Crippen LogP contribution in [0.15, 0.2) is 0 Å². The molecule has 0 aromatic carbocycles. The smallest absolute Gasteiger partial charge is 0.232 e. The summed E-state index contributed by atoms with van der Waals surface area (Å²) in [5, 5.41) is 0. The van der Waals surface area contributed by atoms with Gasteiger partial charge in [-0.3, -0.25) is 9.69 Å². The van der Waals surface area contributed by atoms with Gasteiger partial charge in [-0.1, -0.05) is 32.5 Å². The molecule has 5 heteroatoms. The molecule has 2 N–H and O–H groups in total. The molecule has 2 atom stereocenters. The van der Waals surface area contributed by atoms with Crippen molar-refractivity contribution in [3.63, 3.8) is 0 Å². The number of piperazine rings is 1. The van der Waals surface area contributed by atoms with Gasteiger partial charge in [-0.05, 0) is 19.9 Å². The fraction of sp³-hybridized carbons (Fsp3) is 0.846. The van der Waals surface area contributed by atoms with Crippen molar-refractivity contribution >= 4 is 23.1 Å². The molecule has 1 heterocycles. The van der Waals surface area contributed by atoms with Crippen LogP contribution in [0.3, 0.4) is 0 Å². The van der Waals surface area contributed by atoms with E-state index in [0.717, 1.165) is 39.0 Å². The molecule has 18 heavy (non-hydrogen) atoms. The number of carbonyl (C=O) groups excluding carboxylic acids is 1. The Kier molecular flexibility index (Phi) is 6.02. The van der Waals surface area contributed by atoms with E-state index in [1.165, 1.54) is 0 Å². The predicted octanol–water partition coefficient (Wildman–Crippen LogP) is 1.24. The molecule has 0 bridgehead atoms. The number of hydrogen-bond donors (Lipinski definition) is 1. The molecule has 1 aliphatic heterocycles. The Morgan fingerprint density at radius 3 is 2.56 bits per heavy atom. The van der Waals surface area contributed by atoms with E-state index in [1.807, 2.05) is 4.90 Å². The zero-order valence-corrected chi connectivity index (χ0v) is 12.5. The SMILES string of the molecule is CCCC(C(=O)N1CCN(CC)C(C)C1)C(N)=S. The van der Waals surface area contributed by atoms with E-state index in [0.29, 0.717) is 11.0 Å². The molecule has 0 spiro atoms. The highest BCUT2D eigenvalue weighted by Crippen LogP contribution is 2.16. The monoisotopic (exact) mass is 271 g/mol. The fourth-order valence-electron chi connectivity index (χ4n) is 2.56. The van der Waals surface area contributed by atoms with Crippen molar-refractivity contribution in [1.82, 2.24) is 9.80 Å². The van der Waals surface area contributed by atoms with Crippen molar-refractivity contribution in [2.45, 2.75) is 39.7 Å². The van der Waals surface area contributed by atoms with Crippen LogP contribution in [0.2, 0.25) is 0 Å². The predicted molar refractivity (Wildman–Crippen MR) is 78.5 cm³/mol. The van der Waals surface area contributed by atoms with Crippen LogP contribution in [-0.2, 0) is 4.79 Å². The topological polar surface area (TPSA) is 49.6 Å². The molecule has 104 valence electrons. The van der Waals surface area contributed by atoms with Crippen LogP contribution in [0.4, 0.5) is 0 Å². The second-order valence-corrected chi connectivity index (χ2v) is 5.48. The van der Waals surface area contributed by atoms with Gasteiger partial charge in [0, 0.05) is 25.7 Å². The highest BCUT2D eigenvalue weighted by atomic mass is 32.1. The van der Waals surface area contributed by atoms with Crippen LogP contribution in [0.1, 0.15) is 33.6 Å². The van der Waals surface area contributed by atoms with Gasteiger partial charge >= 0.3 is 0 Å². The third-order valence-corrected chi connectivity index (χ3v) is 3.99. The molecular weight excluding hydrogens is 246 g/mol. The van der Waals surface area contributed by atoms with Crippen LogP contribution < -0.4 is 5.73 Å². The van der Waals surface area contributed by atoms with Crippen molar-refractivity contribution in [3.8, 4) is 0 Å². The summed E-state index contributed by atoms with van der Waals surface area (Å²) in [6.07, 6.45) is 1.69. The molecular formula is C13H25N3OS. The number of amides is 1. The van der Waals surface area contributed by atoms with Crippen molar-refractivity contribution in [3.05, 3.63) is 0 Å². The Hall–Kier alpha value is -0.680. The Morgan fingerprint density at radius 1 is 1.44 bits per heavy atom. The number of nitrogens with two attached hydrogens (primary N) is 1. The molecule has 0 aromatic rings. The molecule has 0 aromatic heterocycles. The molecule has 1 aliphatic rings. The molecule has 2 unspecified atom stereocenters. The summed E-state index contributed by atoms with van der Waals surface area (Å²) in [7, 11) is 0. The van der Waals surface area contributed by atoms with Crippen LogP contribution in [0.5, 0.6) is 0 Å². The van der Waals surface area contributed by atoms with Gasteiger partial charge in [0.25, 0.3) is 0 Å². The minimum atomic E-state index is -0.273. The second kappa shape index (κ2) is 7.04. The zero-order chi connectivity index (χ0) is 13.7. The highest BCUT2D eigenvalue weighted by Gasteiger charge is 2.30. The number of thiocarbonyl (C=S) groups is 1. The maximum atomic E-state index is 12.4. The maximum Gasteiger partial charge on any atom is 0.232 e. The minimum absolute atomic E-state index is 0.118. The third kappa shape index (κ3) is 3.65. The lowest BCUT2D eigenvalue weighted by molar-refractivity contribution is -0.136. The molecule has 1 rings (SSSR count). The summed E-state index contributed by atoms with van der Waals surface area (Å²) < 4.78 is 0. The van der Waals surface area contributed by atoms with Crippen molar-refractivity contribution in [2.24, 2.45) is 11.7 Å². The van der Waals surface area contributed by atoms with E-state index in [4.69, 9.17) is 18.0 Å². The molecule has 1 fully saturated rings. The summed E-state index contributed by atoms with van der Waals surface area (Å²) in [6, 6.07) is 0.418. The van der Waals surface area contributed by atoms with E-state index in [-0.39, 0.29) is 11.8 Å². The van der Waals surface area contributed by atoms with Gasteiger partial charge in [-0.15, -0.1) is 0 Å². The van der Waals surface area contributed by atoms with Crippen molar-refractivity contribution in [2.75, 3.05) is 26.2 Å². The second-order valence-electron chi connectivity index (χ2n) is 5.01. The third-order valence-electron chi connectivity index (χ3n) is 3.70. The normalized spacial score (nSPS) is 22.8. The van der Waals surface area contributed by atoms with Crippen LogP contribution in [0.25, 0.3) is 0 Å². The van der Waals surface area contributed by atoms with Gasteiger partial charge in [0.2, 0.25) is 5.91 Å². The molecule has 0 saturated carbocycles. The molecule has 0 aliphatic carbocycles. The van der Waals surface area contributed by atoms with Crippen LogP contribution in [0, 0.1) is 5.92 Å². The Labute approximate surface area is 115 Å². The van der Waals surface area contributed by atoms with E-state index >= 15 is 0 Å². The van der Waals surface area contributed by atoms with E-state index in [9.17, 15) is 4.79 Å². The van der Waals surface area contributed by atoms with Gasteiger partial charge in [0.15, 0.2) is 0 Å². The first-order valence-electron chi connectivity index (χ1n) is 6.83. The number of rotatable bonds is 5. The minimum Gasteiger partial charge on any atom is -0.393 e. The lowest BCUT2D eigenvalue weighted by Gasteiger charge is -2.40. The van der Waals surface area contributed by atoms with E-state index < -0.39 is 0 Å². The highest BCUT2D eigenvalue weighted by molar-refractivity contribution is 7.80. The van der Waals surface area contributed by atoms with Crippen molar-refractivity contribution < 1.29 is 4.79 Å². The van der Waals surface area contributed by atoms with Crippen LogP contribution >= 0.6 is 12.2 Å². The summed E-state index contributed by atoms with van der Waals surface area (Å²) in [4.78, 5) is 17.1. The largest absolute Gasteiger partial charge is 0.393 e. The first-order chi connectivity index (χ1) is 8.51. The van der Waals surface area contributed by atoms with Gasteiger partial charge in [0.05, 0.1) is 10.9 Å². The number of nitrogens with zero attached hydrogens (tertiary/aromatic N) is 2. The molecule has 1 amide bonds. The van der Waals surface area contributed by atoms with Gasteiger partial charge < -0.3 is 10.6 Å². The summed E-state index contributed by atoms with van der Waals surface area (Å²) >= 11 is 5.02. The zero-order valence-electron chi connectivity index (χ0n) is 11.7. The quantitative estimate of drug-likeness (QED) is 0.764. The fourth-order valence-corrected chi connectivity index (χ4v) is 2.78. The van der Waals surface area contributed by atoms with E-state index in [1.54, 1.807) is 0 Å². The van der Waals surface area contributed by atoms with Crippen LogP contribution in [-0.4, -0.2) is 52.9 Å². The van der Waals surface area contributed by atoms with Gasteiger partial charge in [0.1, 0.15) is 0 Å². The lowest BCUT2D eigenvalue weighted by Crippen LogP contribution is -2.55. The summed E-state index contributed by atoms with van der Waals surface area (Å²) in [5.41, 5.74) is 5.69. The first kappa shape index (κ1) is 15.4. The standard InChI is InChI=1S/C13H25N3OS/c1-4-6-11(12(14)18)13(17)16-8-7-15(5-2)10(3)9-16/h10-11H,4-9H2,1-3H3,(H2,14,18). The first-order valence-corrected chi connectivity index (χ1v) is 7.24. The Bertz CT molecular complexity index is 309. The molecule has 1 saturated heterocycles. The summed E-state index contributed by atoms with van der Waals surface area (Å²) in [6.45, 7) is 9.93. The van der Waals surface area contributed by atoms with Gasteiger partial charge in [-0.25, -0.2) is 0 Å². The maximum absolute atomic E-state index is 12.4. The average Bonchev–Trinajstić information content (AvgIpc) is 2.34. The number of carbonyl (C=O) groups is 1. The van der Waals surface area contributed by atoms with E-state index in [2.05, 4.69) is 25.7 Å².